The van der Waals surface area contributed by atoms with Crippen molar-refractivity contribution in [3.63, 3.8) is 0 Å². The van der Waals surface area contributed by atoms with Crippen molar-refractivity contribution in [2.45, 2.75) is 6.42 Å². The van der Waals surface area contributed by atoms with Gasteiger partial charge in [0.1, 0.15) is 0 Å². The van der Waals surface area contributed by atoms with E-state index in [1.165, 1.54) is 5.57 Å². The highest BCUT2D eigenvalue weighted by Gasteiger charge is 1.98. The van der Waals surface area contributed by atoms with Crippen LogP contribution in [0.5, 0.6) is 0 Å². The Morgan fingerprint density at radius 1 is 1.00 bits per heavy atom. The molecular formula is C13H14N2. The molecule has 0 saturated carbocycles. The van der Waals surface area contributed by atoms with Gasteiger partial charge in [0.2, 0.25) is 0 Å². The highest BCUT2D eigenvalue weighted by atomic mass is 14.6. The summed E-state index contributed by atoms with van der Waals surface area (Å²) in [5.41, 5.74) is 15.3. The smallest absolute Gasteiger partial charge is 0.0314 e. The molecule has 0 aliphatic heterocycles. The monoisotopic (exact) mass is 198 g/mol. The van der Waals surface area contributed by atoms with Gasteiger partial charge in [-0.25, -0.2) is 0 Å². The lowest BCUT2D eigenvalue weighted by atomic mass is 10.0. The van der Waals surface area contributed by atoms with Crippen LogP contribution in [0.15, 0.2) is 53.8 Å². The molecule has 0 heterocycles. The van der Waals surface area contributed by atoms with Gasteiger partial charge >= 0.3 is 0 Å². The molecule has 0 fully saturated rings. The number of nitrogens with two attached hydrogens (primary N) is 2. The summed E-state index contributed by atoms with van der Waals surface area (Å²) in [7, 11) is 0. The molecule has 0 unspecified atom stereocenters. The first-order valence-electron chi connectivity index (χ1n) is 4.94. The van der Waals surface area contributed by atoms with Crippen LogP contribution in [0.25, 0.3) is 6.08 Å². The van der Waals surface area contributed by atoms with Gasteiger partial charge in [-0.15, -0.1) is 0 Å². The molecule has 0 atom stereocenters. The van der Waals surface area contributed by atoms with E-state index in [9.17, 15) is 0 Å². The van der Waals surface area contributed by atoms with Gasteiger partial charge in [-0.1, -0.05) is 30.4 Å². The maximum absolute atomic E-state index is 5.64. The van der Waals surface area contributed by atoms with Crippen LogP contribution >= 0.6 is 0 Å². The lowest BCUT2D eigenvalue weighted by molar-refractivity contribution is 1.21. The Balaban J connectivity index is 2.18. The number of nitrogen functional groups attached to an aromatic ring is 1. The zero-order valence-electron chi connectivity index (χ0n) is 8.48. The summed E-state index contributed by atoms with van der Waals surface area (Å²) in [5, 5.41) is 0. The van der Waals surface area contributed by atoms with E-state index in [4.69, 9.17) is 11.5 Å². The van der Waals surface area contributed by atoms with Crippen LogP contribution in [-0.4, -0.2) is 0 Å². The van der Waals surface area contributed by atoms with Gasteiger partial charge in [0.15, 0.2) is 0 Å². The number of hydrogen-bond acceptors (Lipinski definition) is 2. The van der Waals surface area contributed by atoms with E-state index in [1.54, 1.807) is 0 Å². The van der Waals surface area contributed by atoms with Crippen molar-refractivity contribution >= 4 is 11.8 Å². The van der Waals surface area contributed by atoms with Crippen molar-refractivity contribution in [2.24, 2.45) is 5.73 Å². The molecule has 1 aromatic carbocycles. The molecule has 2 heteroatoms. The van der Waals surface area contributed by atoms with Crippen molar-refractivity contribution in [1.29, 1.82) is 0 Å². The second-order valence-electron chi connectivity index (χ2n) is 3.63. The summed E-state index contributed by atoms with van der Waals surface area (Å²) in [6.07, 6.45) is 9.02. The number of rotatable bonds is 1. The summed E-state index contributed by atoms with van der Waals surface area (Å²) >= 11 is 0. The summed E-state index contributed by atoms with van der Waals surface area (Å²) in [5.74, 6) is 0. The van der Waals surface area contributed by atoms with Crippen LogP contribution in [0.1, 0.15) is 12.0 Å². The number of benzene rings is 1. The molecule has 0 spiro atoms. The molecule has 15 heavy (non-hydrogen) atoms. The molecule has 1 aliphatic carbocycles. The average Bonchev–Trinajstić information content (AvgIpc) is 2.25. The molecule has 0 amide bonds. The maximum atomic E-state index is 5.64. The van der Waals surface area contributed by atoms with Crippen LogP contribution < -0.4 is 11.5 Å². The fourth-order valence-electron chi connectivity index (χ4n) is 1.49. The van der Waals surface area contributed by atoms with E-state index >= 15 is 0 Å². The summed E-state index contributed by atoms with van der Waals surface area (Å²) in [6, 6.07) is 7.84. The molecule has 4 N–H and O–H groups in total. The largest absolute Gasteiger partial charge is 0.399 e. The first-order chi connectivity index (χ1) is 7.24. The lowest BCUT2D eigenvalue weighted by Gasteiger charge is -2.05. The van der Waals surface area contributed by atoms with Gasteiger partial charge in [-0.05, 0) is 35.8 Å². The van der Waals surface area contributed by atoms with Crippen LogP contribution in [0.3, 0.4) is 0 Å². The molecule has 0 radical (unpaired) electrons. The molecule has 1 aliphatic rings. The fourth-order valence-corrected chi connectivity index (χ4v) is 1.49. The van der Waals surface area contributed by atoms with Crippen LogP contribution in [0.4, 0.5) is 5.69 Å². The van der Waals surface area contributed by atoms with Crippen LogP contribution in [0, 0.1) is 0 Å². The molecule has 0 bridgehead atoms. The van der Waals surface area contributed by atoms with Gasteiger partial charge in [-0.2, -0.15) is 0 Å². The summed E-state index contributed by atoms with van der Waals surface area (Å²) in [4.78, 5) is 0. The van der Waals surface area contributed by atoms with Gasteiger partial charge in [0.25, 0.3) is 0 Å². The first kappa shape index (κ1) is 9.59. The molecule has 1 aromatic rings. The highest BCUT2D eigenvalue weighted by molar-refractivity contribution is 5.59. The molecule has 2 rings (SSSR count). The molecule has 2 nitrogen and oxygen atoms in total. The summed E-state index contributed by atoms with van der Waals surface area (Å²) < 4.78 is 0. The second kappa shape index (κ2) is 4.05. The van der Waals surface area contributed by atoms with Crippen molar-refractivity contribution < 1.29 is 0 Å². The second-order valence-corrected chi connectivity index (χ2v) is 3.63. The van der Waals surface area contributed by atoms with E-state index in [0.717, 1.165) is 23.4 Å². The number of allylic oxidation sites excluding steroid dienone is 4. The van der Waals surface area contributed by atoms with Crippen molar-refractivity contribution in [1.82, 2.24) is 0 Å². The fraction of sp³-hybridized carbons (Fsp3) is 0.0769. The standard InChI is InChI=1S/C13H14N2/c14-12-5-1-10(2-6-12)9-11-3-7-13(15)8-4-11/h1-3,5-9H,4,14-15H2/b11-9-. The lowest BCUT2D eigenvalue weighted by Crippen LogP contribution is -1.96. The van der Waals surface area contributed by atoms with Crippen LogP contribution in [-0.2, 0) is 0 Å². The Hall–Kier alpha value is -1.96. The minimum atomic E-state index is 0.792. The van der Waals surface area contributed by atoms with Crippen molar-refractivity contribution in [3.05, 3.63) is 59.3 Å². The van der Waals surface area contributed by atoms with E-state index in [-0.39, 0.29) is 0 Å². The molecule has 0 saturated heterocycles. The van der Waals surface area contributed by atoms with Crippen molar-refractivity contribution in [2.75, 3.05) is 5.73 Å². The summed E-state index contributed by atoms with van der Waals surface area (Å²) in [6.45, 7) is 0. The van der Waals surface area contributed by atoms with Gasteiger partial charge in [0.05, 0.1) is 0 Å². The SMILES string of the molecule is NC1=CC/C(=C\c2ccc(N)cc2)C=C1. The Kier molecular flexibility index (Phi) is 2.59. The minimum Gasteiger partial charge on any atom is -0.399 e. The minimum absolute atomic E-state index is 0.792. The third-order valence-corrected chi connectivity index (χ3v) is 2.35. The zero-order chi connectivity index (χ0) is 10.7. The normalized spacial score (nSPS) is 17.9. The van der Waals surface area contributed by atoms with E-state index in [1.807, 2.05) is 42.5 Å². The molecule has 0 aromatic heterocycles. The van der Waals surface area contributed by atoms with Crippen molar-refractivity contribution in [3.8, 4) is 0 Å². The first-order valence-corrected chi connectivity index (χ1v) is 4.94. The third kappa shape index (κ3) is 2.50. The van der Waals surface area contributed by atoms with E-state index in [2.05, 4.69) is 6.08 Å². The zero-order valence-corrected chi connectivity index (χ0v) is 8.48. The third-order valence-electron chi connectivity index (χ3n) is 2.35. The van der Waals surface area contributed by atoms with E-state index < -0.39 is 0 Å². The Morgan fingerprint density at radius 3 is 2.33 bits per heavy atom. The Labute approximate surface area is 89.6 Å². The highest BCUT2D eigenvalue weighted by Crippen LogP contribution is 2.17. The van der Waals surface area contributed by atoms with E-state index in [0.29, 0.717) is 0 Å². The average molecular weight is 198 g/mol. The Morgan fingerprint density at radius 2 is 1.73 bits per heavy atom. The molecule has 76 valence electrons. The van der Waals surface area contributed by atoms with Crippen LogP contribution in [0.2, 0.25) is 0 Å². The maximum Gasteiger partial charge on any atom is 0.0314 e. The molecular weight excluding hydrogens is 184 g/mol. The van der Waals surface area contributed by atoms with Gasteiger partial charge in [0, 0.05) is 11.4 Å². The topological polar surface area (TPSA) is 52.0 Å². The number of anilines is 1. The van der Waals surface area contributed by atoms with Gasteiger partial charge < -0.3 is 11.5 Å². The predicted octanol–water partition coefficient (Wildman–Crippen LogP) is 2.45. The quantitative estimate of drug-likeness (QED) is 0.681. The number of hydrogen-bond donors (Lipinski definition) is 2. The van der Waals surface area contributed by atoms with Gasteiger partial charge in [-0.3, -0.25) is 0 Å². The predicted molar refractivity (Wildman–Crippen MR) is 64.9 cm³/mol. The Bertz CT molecular complexity index is 436.